The van der Waals surface area contributed by atoms with Crippen molar-refractivity contribution in [2.75, 3.05) is 79.8 Å². The first-order valence-corrected chi connectivity index (χ1v) is 24.9. The number of rotatable bonds is 45. The predicted octanol–water partition coefficient (Wildman–Crippen LogP) is 3.76. The van der Waals surface area contributed by atoms with E-state index < -0.39 is 12.2 Å². The van der Waals surface area contributed by atoms with Gasteiger partial charge in [0.1, 0.15) is 39.3 Å². The van der Waals surface area contributed by atoms with Crippen molar-refractivity contribution in [2.45, 2.75) is 206 Å². The van der Waals surface area contributed by atoms with Crippen molar-refractivity contribution < 1.29 is 96.4 Å². The summed E-state index contributed by atoms with van der Waals surface area (Å²) in [5.74, 6) is -0.706. The number of aliphatic hydroxyl groups excluding tert-OH is 4. The van der Waals surface area contributed by atoms with Crippen molar-refractivity contribution >= 4 is 11.9 Å². The number of aliphatic hydroxyl groups is 4. The largest absolute Gasteiger partial charge is 1.00 e. The van der Waals surface area contributed by atoms with Crippen LogP contribution in [0.1, 0.15) is 194 Å². The first-order valence-electron chi connectivity index (χ1n) is 24.9. The summed E-state index contributed by atoms with van der Waals surface area (Å²) in [5, 5.41) is 39.8. The van der Waals surface area contributed by atoms with E-state index in [9.17, 15) is 30.0 Å². The standard InChI is InChI=1S/C50H98N2O8.2HI/c1-5-7-9-11-13-15-17-19-21-23-25-27-29-31-33-35-49(57)59-47(45-51(3,37-41-53)38-42-54)48(46-52(4,39-43-55)40-44-56)60-50(58)36-34-32-30-28-26-24-22-20-18-16-14-12-10-8-6-2;;/h19-22,47-48,53-56H,5-18,23-46H2,1-4H3;2*1H/q+2;;/p-2/b21-19-,22-20-;;. The van der Waals surface area contributed by atoms with Crippen LogP contribution in [0.4, 0.5) is 0 Å². The molecule has 12 heteroatoms. The van der Waals surface area contributed by atoms with Gasteiger partial charge < -0.3 is 86.8 Å². The Bertz CT molecular complexity index is 958. The molecule has 0 heterocycles. The van der Waals surface area contributed by atoms with Crippen LogP contribution in [0.3, 0.4) is 0 Å². The second-order valence-electron chi connectivity index (χ2n) is 18.1. The first kappa shape index (κ1) is 65.9. The van der Waals surface area contributed by atoms with Crippen LogP contribution >= 0.6 is 0 Å². The van der Waals surface area contributed by atoms with Gasteiger partial charge in [0.25, 0.3) is 0 Å². The van der Waals surface area contributed by atoms with E-state index >= 15 is 0 Å². The van der Waals surface area contributed by atoms with Gasteiger partial charge in [-0.05, 0) is 64.2 Å². The Morgan fingerprint density at radius 3 is 0.919 bits per heavy atom. The van der Waals surface area contributed by atoms with Crippen LogP contribution in [0.25, 0.3) is 0 Å². The first-order chi connectivity index (χ1) is 29.1. The van der Waals surface area contributed by atoms with E-state index in [2.05, 4.69) is 38.2 Å². The van der Waals surface area contributed by atoms with Crippen molar-refractivity contribution in [1.29, 1.82) is 0 Å². The molecule has 0 amide bonds. The summed E-state index contributed by atoms with van der Waals surface area (Å²) in [6.45, 7) is 5.84. The molecule has 0 radical (unpaired) electrons. The van der Waals surface area contributed by atoms with E-state index in [-0.39, 0.29) is 121 Å². The number of carbonyl (C=O) groups excluding carboxylic acids is 2. The molecular formula is C50H98I2N2O8. The zero-order valence-electron chi connectivity index (χ0n) is 40.4. The molecule has 0 aliphatic carbocycles. The van der Waals surface area contributed by atoms with Crippen molar-refractivity contribution in [3.05, 3.63) is 24.3 Å². The fourth-order valence-electron chi connectivity index (χ4n) is 8.02. The van der Waals surface area contributed by atoms with Crippen molar-refractivity contribution in [2.24, 2.45) is 0 Å². The van der Waals surface area contributed by atoms with Gasteiger partial charge in [-0.3, -0.25) is 9.59 Å². The highest BCUT2D eigenvalue weighted by atomic mass is 127. The highest BCUT2D eigenvalue weighted by Crippen LogP contribution is 2.20. The molecule has 0 fully saturated rings. The van der Waals surface area contributed by atoms with Gasteiger partial charge in [-0.1, -0.05) is 141 Å². The molecule has 4 N–H and O–H groups in total. The Hall–Kier alpha value is -0.360. The lowest BCUT2D eigenvalue weighted by molar-refractivity contribution is -0.920. The number of allylic oxidation sites excluding steroid dienone is 4. The molecule has 0 saturated carbocycles. The summed E-state index contributed by atoms with van der Waals surface area (Å²) in [6.07, 6.45) is 38.5. The molecule has 0 aromatic rings. The number of quaternary nitrogens is 2. The molecule has 0 saturated heterocycles. The molecule has 0 spiro atoms. The molecule has 62 heavy (non-hydrogen) atoms. The van der Waals surface area contributed by atoms with Crippen LogP contribution in [0.5, 0.6) is 0 Å². The molecule has 2 atom stereocenters. The molecule has 10 nitrogen and oxygen atoms in total. The highest BCUT2D eigenvalue weighted by Gasteiger charge is 2.41. The molecule has 0 bridgehead atoms. The van der Waals surface area contributed by atoms with Gasteiger partial charge in [0.05, 0.1) is 40.5 Å². The third-order valence-electron chi connectivity index (χ3n) is 12.1. The number of esters is 2. The predicted molar refractivity (Wildman–Crippen MR) is 249 cm³/mol. The quantitative estimate of drug-likeness (QED) is 0.0239. The maximum absolute atomic E-state index is 13.5. The lowest BCUT2D eigenvalue weighted by Crippen LogP contribution is -3.00. The van der Waals surface area contributed by atoms with Crippen molar-refractivity contribution in [3.8, 4) is 0 Å². The zero-order chi connectivity index (χ0) is 44.4. The van der Waals surface area contributed by atoms with Gasteiger partial charge in [0.2, 0.25) is 0 Å². The number of ether oxygens (including phenoxy) is 2. The van der Waals surface area contributed by atoms with E-state index in [1.165, 1.54) is 89.9 Å². The second kappa shape index (κ2) is 47.1. The van der Waals surface area contributed by atoms with Crippen molar-refractivity contribution in [1.82, 2.24) is 0 Å². The van der Waals surface area contributed by atoms with Gasteiger partial charge in [-0.2, -0.15) is 0 Å². The maximum atomic E-state index is 13.5. The summed E-state index contributed by atoms with van der Waals surface area (Å²) in [7, 11) is 3.80. The fourth-order valence-corrected chi connectivity index (χ4v) is 8.02. The number of hydrogen-bond donors (Lipinski definition) is 4. The number of likely N-dealkylation sites (N-methyl/N-ethyl adjacent to an activating group) is 2. The Labute approximate surface area is 415 Å². The SMILES string of the molecule is CCCCCCCC/C=C\CCCCCCCC(=O)OC(C[N+](C)(CCO)CCO)C(C[N+](C)(CCO)CCO)OC(=O)CCCCCCC/C=C\CCCCCCCC.[I-].[I-]. The maximum Gasteiger partial charge on any atom is 0.306 e. The van der Waals surface area contributed by atoms with Gasteiger partial charge in [-0.25, -0.2) is 0 Å². The third kappa shape index (κ3) is 40.0. The van der Waals surface area contributed by atoms with Crippen LogP contribution in [-0.2, 0) is 19.1 Å². The minimum atomic E-state index is -0.836. The second-order valence-corrected chi connectivity index (χ2v) is 18.1. The highest BCUT2D eigenvalue weighted by molar-refractivity contribution is 5.70. The molecule has 0 aromatic carbocycles. The summed E-state index contributed by atoms with van der Waals surface area (Å²) < 4.78 is 12.9. The molecule has 370 valence electrons. The van der Waals surface area contributed by atoms with E-state index in [1.807, 2.05) is 14.1 Å². The molecule has 0 rings (SSSR count). The summed E-state index contributed by atoms with van der Waals surface area (Å²) in [5.41, 5.74) is 0. The lowest BCUT2D eigenvalue weighted by Gasteiger charge is -2.41. The summed E-state index contributed by atoms with van der Waals surface area (Å²) in [6, 6.07) is 0. The van der Waals surface area contributed by atoms with Gasteiger partial charge in [0, 0.05) is 12.8 Å². The lowest BCUT2D eigenvalue weighted by atomic mass is 10.1. The normalized spacial score (nSPS) is 13.0. The Morgan fingerprint density at radius 2 is 0.661 bits per heavy atom. The van der Waals surface area contributed by atoms with Gasteiger partial charge in [0.15, 0.2) is 12.2 Å². The van der Waals surface area contributed by atoms with E-state index in [0.717, 1.165) is 64.2 Å². The number of hydrogen-bond acceptors (Lipinski definition) is 8. The molecule has 0 aromatic heterocycles. The molecular weight excluding hydrogens is 1010 g/mol. The minimum absolute atomic E-state index is 0. The topological polar surface area (TPSA) is 134 Å². The number of carbonyl (C=O) groups is 2. The molecule has 0 aliphatic heterocycles. The number of unbranched alkanes of at least 4 members (excludes halogenated alkanes) is 22. The zero-order valence-corrected chi connectivity index (χ0v) is 44.7. The summed E-state index contributed by atoms with van der Waals surface area (Å²) >= 11 is 0. The van der Waals surface area contributed by atoms with Crippen LogP contribution in [0, 0.1) is 0 Å². The van der Waals surface area contributed by atoms with Crippen LogP contribution in [0.15, 0.2) is 24.3 Å². The molecule has 2 unspecified atom stereocenters. The smallest absolute Gasteiger partial charge is 0.306 e. The number of nitrogens with zero attached hydrogens (tertiary/aromatic N) is 2. The summed E-state index contributed by atoms with van der Waals surface area (Å²) in [4.78, 5) is 26.9. The van der Waals surface area contributed by atoms with Crippen LogP contribution in [-0.4, -0.2) is 133 Å². The van der Waals surface area contributed by atoms with E-state index in [4.69, 9.17) is 9.47 Å². The van der Waals surface area contributed by atoms with Gasteiger partial charge in [-0.15, -0.1) is 0 Å². The number of halogens is 2. The Balaban J connectivity index is -0.0000174. The average Bonchev–Trinajstić information content (AvgIpc) is 3.20. The van der Waals surface area contributed by atoms with E-state index in [1.54, 1.807) is 0 Å². The van der Waals surface area contributed by atoms with Crippen LogP contribution in [0.2, 0.25) is 0 Å². The Morgan fingerprint density at radius 1 is 0.419 bits per heavy atom. The third-order valence-corrected chi connectivity index (χ3v) is 12.1. The monoisotopic (exact) mass is 1110 g/mol. The Kier molecular flexibility index (Phi) is 50.1. The average molecular weight is 1110 g/mol. The molecule has 0 aliphatic rings. The minimum Gasteiger partial charge on any atom is -1.00 e. The van der Waals surface area contributed by atoms with Gasteiger partial charge >= 0.3 is 11.9 Å². The fraction of sp³-hybridized carbons (Fsp3) is 0.880. The van der Waals surface area contributed by atoms with Crippen molar-refractivity contribution in [3.63, 3.8) is 0 Å². The van der Waals surface area contributed by atoms with E-state index in [0.29, 0.717) is 39.0 Å². The van der Waals surface area contributed by atoms with Crippen LogP contribution < -0.4 is 48.0 Å².